The fourth-order valence-electron chi connectivity index (χ4n) is 3.48. The zero-order chi connectivity index (χ0) is 19.6. The highest BCUT2D eigenvalue weighted by Gasteiger charge is 2.34. The number of carbonyl (C=O) groups is 2. The van der Waals surface area contributed by atoms with Crippen molar-refractivity contribution in [1.29, 1.82) is 0 Å². The number of carbonyl (C=O) groups excluding carboxylic acids is 2. The standard InChI is InChI=1S/C20H23ClN2O4/c1-13-12-16(14(2)27-13)19(24)23-10-8-22(9-11-23)18(20(25)26-3)15-6-4-5-7-17(15)21/h4-7,12,18H,8-11H2,1-3H3. The molecule has 1 unspecified atom stereocenters. The maximum absolute atomic E-state index is 12.8. The van der Waals surface area contributed by atoms with Crippen LogP contribution in [-0.2, 0) is 9.53 Å². The van der Waals surface area contributed by atoms with Gasteiger partial charge in [0.05, 0.1) is 12.7 Å². The van der Waals surface area contributed by atoms with E-state index in [-0.39, 0.29) is 11.9 Å². The Morgan fingerprint density at radius 3 is 2.37 bits per heavy atom. The number of methoxy groups -OCH3 is 1. The van der Waals surface area contributed by atoms with E-state index in [1.807, 2.05) is 30.0 Å². The van der Waals surface area contributed by atoms with E-state index in [2.05, 4.69) is 0 Å². The Kier molecular flexibility index (Phi) is 5.87. The minimum absolute atomic E-state index is 0.0450. The summed E-state index contributed by atoms with van der Waals surface area (Å²) in [4.78, 5) is 29.0. The molecule has 1 aliphatic heterocycles. The van der Waals surface area contributed by atoms with Crippen molar-refractivity contribution in [2.75, 3.05) is 33.3 Å². The van der Waals surface area contributed by atoms with Crippen LogP contribution in [0, 0.1) is 13.8 Å². The highest BCUT2D eigenvalue weighted by Crippen LogP contribution is 2.29. The maximum Gasteiger partial charge on any atom is 0.327 e. The second kappa shape index (κ2) is 8.15. The molecule has 1 fully saturated rings. The minimum Gasteiger partial charge on any atom is -0.468 e. The van der Waals surface area contributed by atoms with Crippen molar-refractivity contribution in [1.82, 2.24) is 9.80 Å². The van der Waals surface area contributed by atoms with Gasteiger partial charge in [0.1, 0.15) is 17.6 Å². The van der Waals surface area contributed by atoms with E-state index in [1.165, 1.54) is 7.11 Å². The second-order valence-electron chi connectivity index (χ2n) is 6.60. The number of furan rings is 1. The summed E-state index contributed by atoms with van der Waals surface area (Å²) >= 11 is 6.31. The predicted octanol–water partition coefficient (Wildman–Crippen LogP) is 3.22. The molecule has 1 aromatic carbocycles. The third kappa shape index (κ3) is 4.01. The van der Waals surface area contributed by atoms with Crippen molar-refractivity contribution >= 4 is 23.5 Å². The number of benzene rings is 1. The summed E-state index contributed by atoms with van der Waals surface area (Å²) in [6, 6.07) is 8.45. The number of hydrogen-bond acceptors (Lipinski definition) is 5. The van der Waals surface area contributed by atoms with Crippen molar-refractivity contribution in [2.45, 2.75) is 19.9 Å². The molecule has 0 spiro atoms. The summed E-state index contributed by atoms with van der Waals surface area (Å²) < 4.78 is 10.5. The van der Waals surface area contributed by atoms with Gasteiger partial charge in [-0.15, -0.1) is 0 Å². The van der Waals surface area contributed by atoms with Gasteiger partial charge in [-0.1, -0.05) is 29.8 Å². The molecule has 2 heterocycles. The summed E-state index contributed by atoms with van der Waals surface area (Å²) in [5.74, 6) is 0.947. The first-order chi connectivity index (χ1) is 12.9. The normalized spacial score (nSPS) is 16.2. The lowest BCUT2D eigenvalue weighted by Gasteiger charge is -2.38. The fourth-order valence-corrected chi connectivity index (χ4v) is 3.72. The molecule has 2 aromatic rings. The van der Waals surface area contributed by atoms with Gasteiger partial charge in [0.15, 0.2) is 0 Å². The number of rotatable bonds is 4. The Labute approximate surface area is 163 Å². The van der Waals surface area contributed by atoms with E-state index < -0.39 is 6.04 Å². The molecule has 1 atom stereocenters. The highest BCUT2D eigenvalue weighted by atomic mass is 35.5. The number of hydrogen-bond donors (Lipinski definition) is 0. The van der Waals surface area contributed by atoms with Crippen LogP contribution in [0.5, 0.6) is 0 Å². The molecule has 6 nitrogen and oxygen atoms in total. The molecule has 1 amide bonds. The smallest absolute Gasteiger partial charge is 0.327 e. The molecular formula is C20H23ClN2O4. The fraction of sp³-hybridized carbons (Fsp3) is 0.400. The SMILES string of the molecule is COC(=O)C(c1ccccc1Cl)N1CCN(C(=O)c2cc(C)oc2C)CC1. The molecule has 0 aliphatic carbocycles. The van der Waals surface area contributed by atoms with Gasteiger partial charge < -0.3 is 14.1 Å². The molecule has 0 bridgehead atoms. The monoisotopic (exact) mass is 390 g/mol. The number of aryl methyl sites for hydroxylation is 2. The van der Waals surface area contributed by atoms with Gasteiger partial charge in [0, 0.05) is 31.2 Å². The van der Waals surface area contributed by atoms with Gasteiger partial charge in [-0.2, -0.15) is 0 Å². The Hall–Kier alpha value is -2.31. The molecule has 0 saturated carbocycles. The lowest BCUT2D eigenvalue weighted by molar-refractivity contribution is -0.148. The van der Waals surface area contributed by atoms with Crippen LogP contribution in [0.25, 0.3) is 0 Å². The first kappa shape index (κ1) is 19.5. The number of esters is 1. The lowest BCUT2D eigenvalue weighted by Crippen LogP contribution is -2.51. The Bertz CT molecular complexity index is 840. The Balaban J connectivity index is 1.74. The molecule has 27 heavy (non-hydrogen) atoms. The van der Waals surface area contributed by atoms with Crippen LogP contribution in [0.1, 0.15) is 33.5 Å². The van der Waals surface area contributed by atoms with Gasteiger partial charge in [-0.25, -0.2) is 4.79 Å². The predicted molar refractivity (Wildman–Crippen MR) is 102 cm³/mol. The summed E-state index contributed by atoms with van der Waals surface area (Å²) in [5.41, 5.74) is 1.31. The molecule has 3 rings (SSSR count). The number of ether oxygens (including phenoxy) is 1. The van der Waals surface area contributed by atoms with E-state index in [0.717, 1.165) is 5.76 Å². The maximum atomic E-state index is 12.8. The van der Waals surface area contributed by atoms with E-state index in [9.17, 15) is 9.59 Å². The van der Waals surface area contributed by atoms with Gasteiger partial charge >= 0.3 is 5.97 Å². The Morgan fingerprint density at radius 2 is 1.81 bits per heavy atom. The molecule has 1 aromatic heterocycles. The number of nitrogens with zero attached hydrogens (tertiary/aromatic N) is 2. The van der Waals surface area contributed by atoms with Gasteiger partial charge in [0.2, 0.25) is 0 Å². The lowest BCUT2D eigenvalue weighted by atomic mass is 10.0. The molecule has 144 valence electrons. The topological polar surface area (TPSA) is 63.0 Å². The van der Waals surface area contributed by atoms with Crippen molar-refractivity contribution in [3.63, 3.8) is 0 Å². The Morgan fingerprint density at radius 1 is 1.15 bits per heavy atom. The van der Waals surface area contributed by atoms with Gasteiger partial charge in [-0.05, 0) is 31.5 Å². The molecule has 1 saturated heterocycles. The number of halogens is 1. The van der Waals surface area contributed by atoms with Crippen molar-refractivity contribution < 1.29 is 18.7 Å². The highest BCUT2D eigenvalue weighted by molar-refractivity contribution is 6.31. The van der Waals surface area contributed by atoms with Gasteiger partial charge in [-0.3, -0.25) is 9.69 Å². The van der Waals surface area contributed by atoms with Crippen LogP contribution in [0.3, 0.4) is 0 Å². The average molecular weight is 391 g/mol. The second-order valence-corrected chi connectivity index (χ2v) is 7.01. The summed E-state index contributed by atoms with van der Waals surface area (Å²) in [7, 11) is 1.37. The van der Waals surface area contributed by atoms with Crippen molar-refractivity contribution in [3.8, 4) is 0 Å². The zero-order valence-corrected chi connectivity index (χ0v) is 16.5. The summed E-state index contributed by atoms with van der Waals surface area (Å²) in [6.45, 7) is 5.74. The molecular weight excluding hydrogens is 368 g/mol. The quantitative estimate of drug-likeness (QED) is 0.750. The van der Waals surface area contributed by atoms with Crippen LogP contribution < -0.4 is 0 Å². The van der Waals surface area contributed by atoms with Crippen LogP contribution in [0.15, 0.2) is 34.7 Å². The van der Waals surface area contributed by atoms with E-state index >= 15 is 0 Å². The molecule has 1 aliphatic rings. The zero-order valence-electron chi connectivity index (χ0n) is 15.7. The number of amides is 1. The summed E-state index contributed by atoms with van der Waals surface area (Å²) in [5, 5.41) is 0.524. The van der Waals surface area contributed by atoms with E-state index in [4.69, 9.17) is 20.8 Å². The van der Waals surface area contributed by atoms with Crippen molar-refractivity contribution in [3.05, 3.63) is 58.0 Å². The van der Waals surface area contributed by atoms with Crippen LogP contribution in [0.2, 0.25) is 5.02 Å². The first-order valence-electron chi connectivity index (χ1n) is 8.85. The first-order valence-corrected chi connectivity index (χ1v) is 9.22. The third-order valence-electron chi connectivity index (χ3n) is 4.86. The average Bonchev–Trinajstić information content (AvgIpc) is 3.01. The van der Waals surface area contributed by atoms with Crippen LogP contribution in [-0.4, -0.2) is 55.0 Å². The van der Waals surface area contributed by atoms with E-state index in [1.54, 1.807) is 24.0 Å². The summed E-state index contributed by atoms with van der Waals surface area (Å²) in [6.07, 6.45) is 0. The van der Waals surface area contributed by atoms with Crippen LogP contribution in [0.4, 0.5) is 0 Å². The van der Waals surface area contributed by atoms with Crippen molar-refractivity contribution in [2.24, 2.45) is 0 Å². The van der Waals surface area contributed by atoms with Gasteiger partial charge in [0.25, 0.3) is 5.91 Å². The largest absolute Gasteiger partial charge is 0.468 e. The molecule has 0 N–H and O–H groups in total. The van der Waals surface area contributed by atoms with Crippen LogP contribution >= 0.6 is 11.6 Å². The minimum atomic E-state index is -0.584. The number of piperazine rings is 1. The third-order valence-corrected chi connectivity index (χ3v) is 5.21. The van der Waals surface area contributed by atoms with E-state index in [0.29, 0.717) is 48.1 Å². The molecule has 0 radical (unpaired) electrons. The molecule has 7 heteroatoms.